The quantitative estimate of drug-likeness (QED) is 0.477. The van der Waals surface area contributed by atoms with Gasteiger partial charge in [-0.15, -0.1) is 0 Å². The number of esters is 2. The Morgan fingerprint density at radius 1 is 0.867 bits per heavy atom. The minimum absolute atomic E-state index is 0.101. The van der Waals surface area contributed by atoms with Gasteiger partial charge in [-0.3, -0.25) is 0 Å². The summed E-state index contributed by atoms with van der Waals surface area (Å²) in [6, 6.07) is 18.0. The molecule has 30 heavy (non-hydrogen) atoms. The highest BCUT2D eigenvalue weighted by Gasteiger charge is 2.23. The van der Waals surface area contributed by atoms with Gasteiger partial charge in [-0.2, -0.15) is 0 Å². The fourth-order valence-corrected chi connectivity index (χ4v) is 3.00. The van der Waals surface area contributed by atoms with Gasteiger partial charge in [-0.1, -0.05) is 42.5 Å². The lowest BCUT2D eigenvalue weighted by Gasteiger charge is -2.17. The minimum Gasteiger partial charge on any atom is -0.478 e. The van der Waals surface area contributed by atoms with E-state index in [0.29, 0.717) is 22.3 Å². The molecule has 3 aromatic carbocycles. The molecule has 0 aliphatic carbocycles. The number of carbonyl (C=O) groups excluding carboxylic acids is 2. The van der Waals surface area contributed by atoms with Gasteiger partial charge < -0.3 is 20.3 Å². The molecule has 7 heteroatoms. The van der Waals surface area contributed by atoms with Gasteiger partial charge in [-0.25, -0.2) is 14.4 Å². The van der Waals surface area contributed by atoms with Crippen molar-refractivity contribution in [2.75, 3.05) is 7.11 Å². The molecule has 0 aliphatic heterocycles. The fraction of sp³-hybridized carbons (Fsp3) is 0.0870. The maximum absolute atomic E-state index is 12.6. The summed E-state index contributed by atoms with van der Waals surface area (Å²) in [5, 5.41) is 9.48. The topological polar surface area (TPSA) is 116 Å². The van der Waals surface area contributed by atoms with Crippen molar-refractivity contribution >= 4 is 17.9 Å². The van der Waals surface area contributed by atoms with Crippen LogP contribution in [0.2, 0.25) is 0 Å². The molecule has 0 saturated carbocycles. The van der Waals surface area contributed by atoms with Crippen LogP contribution in [0.1, 0.15) is 32.3 Å². The maximum Gasteiger partial charge on any atom is 0.337 e. The highest BCUT2D eigenvalue weighted by atomic mass is 16.5. The van der Waals surface area contributed by atoms with Crippen LogP contribution in [0.4, 0.5) is 0 Å². The molecule has 7 nitrogen and oxygen atoms in total. The Kier molecular flexibility index (Phi) is 6.24. The largest absolute Gasteiger partial charge is 0.478 e. The minimum atomic E-state index is -1.15. The van der Waals surface area contributed by atoms with E-state index in [1.54, 1.807) is 42.5 Å². The lowest BCUT2D eigenvalue weighted by molar-refractivity contribution is -0.136. The van der Waals surface area contributed by atoms with Crippen LogP contribution in [0, 0.1) is 0 Å². The van der Waals surface area contributed by atoms with E-state index in [0.717, 1.165) is 0 Å². The molecule has 3 N–H and O–H groups in total. The van der Waals surface area contributed by atoms with Gasteiger partial charge in [0.1, 0.15) is 11.8 Å². The van der Waals surface area contributed by atoms with E-state index in [4.69, 9.17) is 10.5 Å². The summed E-state index contributed by atoms with van der Waals surface area (Å²) in [6.45, 7) is 0. The number of rotatable bonds is 6. The summed E-state index contributed by atoms with van der Waals surface area (Å²) in [4.78, 5) is 35.7. The average Bonchev–Trinajstić information content (AvgIpc) is 2.78. The molecule has 152 valence electrons. The standard InChI is InChI=1S/C23H19NO6/c1-29-22(27)14-10-12-15(13-11-14)30-23(28)20(24)18-8-4-2-6-16(18)17-7-3-5-9-19(17)21(25)26/h2-13,20H,24H2,1H3,(H,25,26). The fourth-order valence-electron chi connectivity index (χ4n) is 3.00. The second-order valence-corrected chi connectivity index (χ2v) is 6.35. The number of hydrogen-bond donors (Lipinski definition) is 2. The summed E-state index contributed by atoms with van der Waals surface area (Å²) in [6.07, 6.45) is 0. The van der Waals surface area contributed by atoms with Crippen LogP contribution >= 0.6 is 0 Å². The molecule has 0 amide bonds. The smallest absolute Gasteiger partial charge is 0.337 e. The van der Waals surface area contributed by atoms with Crippen LogP contribution in [-0.2, 0) is 9.53 Å². The van der Waals surface area contributed by atoms with E-state index < -0.39 is 23.9 Å². The number of ether oxygens (including phenoxy) is 2. The average molecular weight is 405 g/mol. The van der Waals surface area contributed by atoms with Crippen molar-refractivity contribution in [2.24, 2.45) is 5.73 Å². The molecule has 0 heterocycles. The van der Waals surface area contributed by atoms with Gasteiger partial charge in [0.2, 0.25) is 0 Å². The zero-order valence-electron chi connectivity index (χ0n) is 16.1. The molecule has 0 fully saturated rings. The van der Waals surface area contributed by atoms with Gasteiger partial charge in [0.05, 0.1) is 18.2 Å². The van der Waals surface area contributed by atoms with E-state index in [-0.39, 0.29) is 11.3 Å². The molecule has 0 aromatic heterocycles. The predicted molar refractivity (Wildman–Crippen MR) is 109 cm³/mol. The summed E-state index contributed by atoms with van der Waals surface area (Å²) < 4.78 is 9.96. The lowest BCUT2D eigenvalue weighted by atomic mass is 9.92. The van der Waals surface area contributed by atoms with Gasteiger partial charge in [0, 0.05) is 0 Å². The van der Waals surface area contributed by atoms with Crippen molar-refractivity contribution < 1.29 is 29.0 Å². The van der Waals surface area contributed by atoms with Gasteiger partial charge in [-0.05, 0) is 47.0 Å². The zero-order chi connectivity index (χ0) is 21.7. The van der Waals surface area contributed by atoms with E-state index in [9.17, 15) is 19.5 Å². The normalized spacial score (nSPS) is 11.4. The molecule has 1 unspecified atom stereocenters. The number of hydrogen-bond acceptors (Lipinski definition) is 6. The number of benzene rings is 3. The Morgan fingerprint density at radius 3 is 2.10 bits per heavy atom. The van der Waals surface area contributed by atoms with E-state index >= 15 is 0 Å². The van der Waals surface area contributed by atoms with E-state index in [1.165, 1.54) is 37.4 Å². The summed E-state index contributed by atoms with van der Waals surface area (Å²) >= 11 is 0. The summed E-state index contributed by atoms with van der Waals surface area (Å²) in [5.41, 5.74) is 7.98. The Balaban J connectivity index is 1.88. The van der Waals surface area contributed by atoms with E-state index in [1.807, 2.05) is 0 Å². The first-order chi connectivity index (χ1) is 14.4. The molecule has 0 saturated heterocycles. The van der Waals surface area contributed by atoms with Crippen LogP contribution in [0.25, 0.3) is 11.1 Å². The van der Waals surface area contributed by atoms with E-state index in [2.05, 4.69) is 4.74 Å². The third-order valence-electron chi connectivity index (χ3n) is 4.49. The third-order valence-corrected chi connectivity index (χ3v) is 4.49. The van der Waals surface area contributed by atoms with Crippen molar-refractivity contribution in [3.05, 3.63) is 89.5 Å². The number of nitrogens with two attached hydrogens (primary N) is 1. The molecule has 0 bridgehead atoms. The number of carbonyl (C=O) groups is 3. The molecular weight excluding hydrogens is 386 g/mol. The molecular formula is C23H19NO6. The zero-order valence-corrected chi connectivity index (χ0v) is 16.1. The Morgan fingerprint density at radius 2 is 1.47 bits per heavy atom. The van der Waals surface area contributed by atoms with Crippen molar-refractivity contribution in [3.8, 4) is 16.9 Å². The second kappa shape index (κ2) is 9.02. The van der Waals surface area contributed by atoms with Crippen LogP contribution in [0.5, 0.6) is 5.75 Å². The molecule has 3 aromatic rings. The second-order valence-electron chi connectivity index (χ2n) is 6.35. The molecule has 0 spiro atoms. The number of carboxylic acid groups (broad SMARTS) is 1. The first kappa shape index (κ1) is 20.8. The number of carboxylic acids is 1. The SMILES string of the molecule is COC(=O)c1ccc(OC(=O)C(N)c2ccccc2-c2ccccc2C(=O)O)cc1. The highest BCUT2D eigenvalue weighted by molar-refractivity contribution is 5.97. The number of aromatic carboxylic acids is 1. The van der Waals surface area contributed by atoms with Crippen molar-refractivity contribution in [2.45, 2.75) is 6.04 Å². The summed E-state index contributed by atoms with van der Waals surface area (Å²) in [5.74, 6) is -2.09. The van der Waals surface area contributed by atoms with Crippen molar-refractivity contribution in [1.82, 2.24) is 0 Å². The number of methoxy groups -OCH3 is 1. The lowest BCUT2D eigenvalue weighted by Crippen LogP contribution is -2.26. The monoisotopic (exact) mass is 405 g/mol. The first-order valence-electron chi connectivity index (χ1n) is 8.99. The third kappa shape index (κ3) is 4.37. The van der Waals surface area contributed by atoms with Crippen LogP contribution in [0.3, 0.4) is 0 Å². The van der Waals surface area contributed by atoms with Gasteiger partial charge in [0.15, 0.2) is 0 Å². The van der Waals surface area contributed by atoms with Gasteiger partial charge in [0.25, 0.3) is 0 Å². The maximum atomic E-state index is 12.6. The highest BCUT2D eigenvalue weighted by Crippen LogP contribution is 2.31. The molecule has 1 atom stereocenters. The predicted octanol–water partition coefficient (Wildman–Crippen LogP) is 3.44. The summed E-state index contributed by atoms with van der Waals surface area (Å²) in [7, 11) is 1.27. The van der Waals surface area contributed by atoms with Crippen molar-refractivity contribution in [3.63, 3.8) is 0 Å². The van der Waals surface area contributed by atoms with Crippen molar-refractivity contribution in [1.29, 1.82) is 0 Å². The van der Waals surface area contributed by atoms with Crippen LogP contribution in [0.15, 0.2) is 72.8 Å². The van der Waals surface area contributed by atoms with Crippen LogP contribution < -0.4 is 10.5 Å². The molecule has 0 aliphatic rings. The Hall–Kier alpha value is -3.97. The van der Waals surface area contributed by atoms with Gasteiger partial charge >= 0.3 is 17.9 Å². The first-order valence-corrected chi connectivity index (χ1v) is 8.99. The molecule has 0 radical (unpaired) electrons. The Labute approximate surface area is 172 Å². The Bertz CT molecular complexity index is 1090. The van der Waals surface area contributed by atoms with Crippen LogP contribution in [-0.4, -0.2) is 30.1 Å². The molecule has 3 rings (SSSR count).